The fourth-order valence-electron chi connectivity index (χ4n) is 2.03. The van der Waals surface area contributed by atoms with Crippen LogP contribution in [-0.2, 0) is 6.54 Å². The summed E-state index contributed by atoms with van der Waals surface area (Å²) in [5.41, 5.74) is 0. The number of para-hydroxylation sites is 2. The zero-order chi connectivity index (χ0) is 12.5. The SMILES string of the molecule is CCn1c(C2COc3ccccc3O2)n[nH]c1=S. The summed E-state index contributed by atoms with van der Waals surface area (Å²) in [7, 11) is 0. The fraction of sp³-hybridized carbons (Fsp3) is 0.333. The van der Waals surface area contributed by atoms with Crippen molar-refractivity contribution in [1.82, 2.24) is 14.8 Å². The Morgan fingerprint density at radius 3 is 3.00 bits per heavy atom. The summed E-state index contributed by atoms with van der Waals surface area (Å²) in [4.78, 5) is 0. The highest BCUT2D eigenvalue weighted by molar-refractivity contribution is 7.71. The maximum absolute atomic E-state index is 5.90. The first kappa shape index (κ1) is 11.3. The second kappa shape index (κ2) is 4.45. The number of nitrogens with zero attached hydrogens (tertiary/aromatic N) is 2. The lowest BCUT2D eigenvalue weighted by molar-refractivity contribution is 0.0822. The monoisotopic (exact) mass is 263 g/mol. The Labute approximate surface area is 109 Å². The molecule has 0 bridgehead atoms. The first-order chi connectivity index (χ1) is 8.79. The topological polar surface area (TPSA) is 52.1 Å². The van der Waals surface area contributed by atoms with Crippen molar-refractivity contribution in [2.75, 3.05) is 6.61 Å². The number of ether oxygens (including phenoxy) is 2. The summed E-state index contributed by atoms with van der Waals surface area (Å²) >= 11 is 5.17. The van der Waals surface area contributed by atoms with Gasteiger partial charge in [-0.2, -0.15) is 5.10 Å². The number of fused-ring (bicyclic) bond motifs is 1. The number of hydrogen-bond donors (Lipinski definition) is 1. The average Bonchev–Trinajstić information content (AvgIpc) is 2.79. The van der Waals surface area contributed by atoms with Crippen LogP contribution in [0.3, 0.4) is 0 Å². The molecule has 1 N–H and O–H groups in total. The second-order valence-electron chi connectivity index (χ2n) is 4.00. The van der Waals surface area contributed by atoms with Crippen molar-refractivity contribution in [3.63, 3.8) is 0 Å². The first-order valence-corrected chi connectivity index (χ1v) is 6.24. The van der Waals surface area contributed by atoms with E-state index in [0.717, 1.165) is 23.9 Å². The largest absolute Gasteiger partial charge is 0.485 e. The summed E-state index contributed by atoms with van der Waals surface area (Å²) in [5, 5.41) is 7.01. The molecule has 0 radical (unpaired) electrons. The number of aromatic nitrogens is 3. The van der Waals surface area contributed by atoms with E-state index in [1.165, 1.54) is 0 Å². The molecule has 1 aliphatic heterocycles. The molecule has 94 valence electrons. The average molecular weight is 263 g/mol. The van der Waals surface area contributed by atoms with Gasteiger partial charge in [-0.1, -0.05) is 12.1 Å². The number of hydrogen-bond acceptors (Lipinski definition) is 4. The van der Waals surface area contributed by atoms with Crippen LogP contribution in [0, 0.1) is 4.77 Å². The zero-order valence-electron chi connectivity index (χ0n) is 9.92. The molecule has 0 fully saturated rings. The molecule has 6 heteroatoms. The number of H-pyrrole nitrogens is 1. The Morgan fingerprint density at radius 2 is 2.22 bits per heavy atom. The minimum absolute atomic E-state index is 0.229. The Kier molecular flexibility index (Phi) is 2.79. The van der Waals surface area contributed by atoms with E-state index in [1.807, 2.05) is 35.8 Å². The van der Waals surface area contributed by atoms with Crippen LogP contribution < -0.4 is 9.47 Å². The molecule has 0 saturated heterocycles. The Hall–Kier alpha value is -1.82. The summed E-state index contributed by atoms with van der Waals surface area (Å²) in [5.74, 6) is 2.29. The molecular weight excluding hydrogens is 250 g/mol. The molecule has 2 heterocycles. The molecule has 2 aromatic rings. The van der Waals surface area contributed by atoms with Crippen LogP contribution in [-0.4, -0.2) is 21.4 Å². The van der Waals surface area contributed by atoms with Gasteiger partial charge in [0.05, 0.1) is 0 Å². The zero-order valence-corrected chi connectivity index (χ0v) is 10.7. The van der Waals surface area contributed by atoms with Crippen LogP contribution in [0.2, 0.25) is 0 Å². The lowest BCUT2D eigenvalue weighted by Crippen LogP contribution is -2.24. The van der Waals surface area contributed by atoms with Crippen LogP contribution >= 0.6 is 12.2 Å². The van der Waals surface area contributed by atoms with E-state index < -0.39 is 0 Å². The molecule has 0 spiro atoms. The number of benzene rings is 1. The smallest absolute Gasteiger partial charge is 0.195 e. The van der Waals surface area contributed by atoms with E-state index in [0.29, 0.717) is 11.4 Å². The van der Waals surface area contributed by atoms with Gasteiger partial charge in [0.25, 0.3) is 0 Å². The van der Waals surface area contributed by atoms with Crippen LogP contribution in [0.4, 0.5) is 0 Å². The molecule has 0 saturated carbocycles. The van der Waals surface area contributed by atoms with Crippen molar-refractivity contribution in [2.24, 2.45) is 0 Å². The van der Waals surface area contributed by atoms with Crippen molar-refractivity contribution in [3.8, 4) is 11.5 Å². The third-order valence-corrected chi connectivity index (χ3v) is 3.21. The minimum Gasteiger partial charge on any atom is -0.485 e. The second-order valence-corrected chi connectivity index (χ2v) is 4.38. The van der Waals surface area contributed by atoms with Crippen molar-refractivity contribution in [2.45, 2.75) is 19.6 Å². The van der Waals surface area contributed by atoms with Crippen LogP contribution in [0.1, 0.15) is 18.9 Å². The van der Waals surface area contributed by atoms with Gasteiger partial charge in [-0.3, -0.25) is 5.10 Å². The van der Waals surface area contributed by atoms with Gasteiger partial charge >= 0.3 is 0 Å². The molecule has 0 aliphatic carbocycles. The number of aromatic amines is 1. The van der Waals surface area contributed by atoms with E-state index in [1.54, 1.807) is 0 Å². The third-order valence-electron chi connectivity index (χ3n) is 2.90. The van der Waals surface area contributed by atoms with Crippen molar-refractivity contribution < 1.29 is 9.47 Å². The summed E-state index contributed by atoms with van der Waals surface area (Å²) in [6.07, 6.45) is -0.229. The molecule has 1 aliphatic rings. The molecule has 0 amide bonds. The Balaban J connectivity index is 1.94. The summed E-state index contributed by atoms with van der Waals surface area (Å²) in [6, 6.07) is 7.62. The third kappa shape index (κ3) is 1.78. The molecular formula is C12H13N3O2S. The van der Waals surface area contributed by atoms with Gasteiger partial charge in [0.2, 0.25) is 0 Å². The van der Waals surface area contributed by atoms with Crippen molar-refractivity contribution in [1.29, 1.82) is 0 Å². The van der Waals surface area contributed by atoms with E-state index in [9.17, 15) is 0 Å². The van der Waals surface area contributed by atoms with Crippen molar-refractivity contribution in [3.05, 3.63) is 34.9 Å². The van der Waals surface area contributed by atoms with Gasteiger partial charge < -0.3 is 14.0 Å². The highest BCUT2D eigenvalue weighted by atomic mass is 32.1. The highest BCUT2D eigenvalue weighted by Gasteiger charge is 2.26. The lowest BCUT2D eigenvalue weighted by atomic mass is 10.2. The molecule has 18 heavy (non-hydrogen) atoms. The van der Waals surface area contributed by atoms with Gasteiger partial charge in [0, 0.05) is 6.54 Å². The molecule has 1 aromatic carbocycles. The maximum atomic E-state index is 5.90. The standard InChI is InChI=1S/C12H13N3O2S/c1-2-15-11(13-14-12(15)18)10-7-16-8-5-3-4-6-9(8)17-10/h3-6,10H,2,7H2,1H3,(H,14,18). The lowest BCUT2D eigenvalue weighted by Gasteiger charge is -2.25. The fourth-order valence-corrected chi connectivity index (χ4v) is 2.30. The van der Waals surface area contributed by atoms with Crippen LogP contribution in [0.15, 0.2) is 24.3 Å². The molecule has 3 rings (SSSR count). The summed E-state index contributed by atoms with van der Waals surface area (Å²) in [6.45, 7) is 3.22. The van der Waals surface area contributed by atoms with Gasteiger partial charge in [0.15, 0.2) is 28.2 Å². The Morgan fingerprint density at radius 1 is 1.44 bits per heavy atom. The Bertz CT molecular complexity index is 620. The van der Waals surface area contributed by atoms with E-state index in [-0.39, 0.29) is 6.10 Å². The molecule has 1 unspecified atom stereocenters. The molecule has 5 nitrogen and oxygen atoms in total. The van der Waals surface area contributed by atoms with Gasteiger partial charge in [-0.05, 0) is 31.3 Å². The molecule has 1 atom stereocenters. The quantitative estimate of drug-likeness (QED) is 0.846. The normalized spacial score (nSPS) is 17.7. The van der Waals surface area contributed by atoms with E-state index in [2.05, 4.69) is 10.2 Å². The number of rotatable bonds is 2. The van der Waals surface area contributed by atoms with Gasteiger partial charge in [-0.25, -0.2) is 0 Å². The predicted octanol–water partition coefficient (Wildman–Crippen LogP) is 2.47. The van der Waals surface area contributed by atoms with E-state index >= 15 is 0 Å². The van der Waals surface area contributed by atoms with Gasteiger partial charge in [-0.15, -0.1) is 0 Å². The summed E-state index contributed by atoms with van der Waals surface area (Å²) < 4.78 is 14.1. The minimum atomic E-state index is -0.229. The van der Waals surface area contributed by atoms with Crippen molar-refractivity contribution >= 4 is 12.2 Å². The predicted molar refractivity (Wildman–Crippen MR) is 68.4 cm³/mol. The number of nitrogens with one attached hydrogen (secondary N) is 1. The maximum Gasteiger partial charge on any atom is 0.195 e. The highest BCUT2D eigenvalue weighted by Crippen LogP contribution is 2.35. The van der Waals surface area contributed by atoms with Crippen LogP contribution in [0.25, 0.3) is 0 Å². The van der Waals surface area contributed by atoms with E-state index in [4.69, 9.17) is 21.7 Å². The van der Waals surface area contributed by atoms with Crippen LogP contribution in [0.5, 0.6) is 11.5 Å². The first-order valence-electron chi connectivity index (χ1n) is 5.83. The van der Waals surface area contributed by atoms with Gasteiger partial charge in [0.1, 0.15) is 6.61 Å². The molecule has 1 aromatic heterocycles.